The Morgan fingerprint density at radius 2 is 2.11 bits per heavy atom. The summed E-state index contributed by atoms with van der Waals surface area (Å²) in [5, 5.41) is 24.2. The number of H-pyrrole nitrogens is 1. The zero-order valence-electron chi connectivity index (χ0n) is 14.7. The van der Waals surface area contributed by atoms with Crippen LogP contribution in [0.5, 0.6) is 0 Å². The number of fused-ring (bicyclic) bond motifs is 1. The molecule has 0 spiro atoms. The Labute approximate surface area is 155 Å². The number of aryl methyl sites for hydroxylation is 1. The molecule has 0 fully saturated rings. The molecule has 0 aliphatic rings. The molecule has 0 aliphatic carbocycles. The molecule has 0 radical (unpaired) electrons. The molecule has 3 aromatic rings. The summed E-state index contributed by atoms with van der Waals surface area (Å²) in [5.41, 5.74) is 2.67. The molecule has 0 atom stereocenters. The summed E-state index contributed by atoms with van der Waals surface area (Å²) in [5.74, 6) is -0.432. The third kappa shape index (κ3) is 3.28. The number of aromatic nitrogens is 1. The molecule has 7 nitrogen and oxygen atoms in total. The second-order valence-corrected chi connectivity index (χ2v) is 5.98. The van der Waals surface area contributed by atoms with Crippen molar-refractivity contribution in [2.24, 2.45) is 0 Å². The number of nitrogens with zero attached hydrogens (tertiary/aromatic N) is 2. The number of anilines is 1. The molecule has 1 heterocycles. The van der Waals surface area contributed by atoms with Gasteiger partial charge in [0.25, 0.3) is 5.69 Å². The molecular formula is C20H16N4O3. The van der Waals surface area contributed by atoms with Crippen molar-refractivity contribution in [3.8, 4) is 6.07 Å². The fraction of sp³-hybridized carbons (Fsp3) is 0.100. The molecule has 1 aromatic heterocycles. The van der Waals surface area contributed by atoms with Gasteiger partial charge >= 0.3 is 0 Å². The molecular weight excluding hydrogens is 344 g/mol. The van der Waals surface area contributed by atoms with Gasteiger partial charge in [-0.1, -0.05) is 18.2 Å². The van der Waals surface area contributed by atoms with Gasteiger partial charge in [0, 0.05) is 35.8 Å². The summed E-state index contributed by atoms with van der Waals surface area (Å²) >= 11 is 0. The topological polar surface area (TPSA) is 112 Å². The van der Waals surface area contributed by atoms with Crippen molar-refractivity contribution in [1.29, 1.82) is 5.26 Å². The monoisotopic (exact) mass is 360 g/mol. The molecule has 0 aliphatic heterocycles. The number of aromatic amines is 1. The van der Waals surface area contributed by atoms with Crippen molar-refractivity contribution in [1.82, 2.24) is 4.98 Å². The summed E-state index contributed by atoms with van der Waals surface area (Å²) < 4.78 is 0. The number of nitriles is 1. The fourth-order valence-corrected chi connectivity index (χ4v) is 3.01. The van der Waals surface area contributed by atoms with E-state index in [0.29, 0.717) is 16.8 Å². The molecule has 27 heavy (non-hydrogen) atoms. The van der Waals surface area contributed by atoms with Crippen LogP contribution in [0.25, 0.3) is 17.0 Å². The Bertz CT molecular complexity index is 1140. The number of carbonyl (C=O) groups excluding carboxylic acids is 1. The highest BCUT2D eigenvalue weighted by Gasteiger charge is 2.19. The van der Waals surface area contributed by atoms with Crippen molar-refractivity contribution in [2.75, 3.05) is 12.4 Å². The van der Waals surface area contributed by atoms with Crippen LogP contribution in [-0.4, -0.2) is 22.7 Å². The minimum Gasteiger partial charge on any atom is -0.383 e. The van der Waals surface area contributed by atoms with Gasteiger partial charge in [0.15, 0.2) is 0 Å². The van der Waals surface area contributed by atoms with Crippen LogP contribution in [0, 0.1) is 28.4 Å². The number of nitro benzene ring substituents is 1. The summed E-state index contributed by atoms with van der Waals surface area (Å²) in [7, 11) is 1.58. The predicted octanol–water partition coefficient (Wildman–Crippen LogP) is 4.22. The minimum atomic E-state index is -0.514. The number of nitrogens with one attached hydrogen (secondary N) is 2. The van der Waals surface area contributed by atoms with Crippen LogP contribution in [0.4, 0.5) is 11.4 Å². The third-order valence-electron chi connectivity index (χ3n) is 4.32. The summed E-state index contributed by atoms with van der Waals surface area (Å²) in [6, 6.07) is 12.0. The van der Waals surface area contributed by atoms with Crippen LogP contribution in [0.3, 0.4) is 0 Å². The average Bonchev–Trinajstić information content (AvgIpc) is 3.11. The van der Waals surface area contributed by atoms with Gasteiger partial charge in [-0.15, -0.1) is 0 Å². The second kappa shape index (κ2) is 7.14. The van der Waals surface area contributed by atoms with Gasteiger partial charge in [-0.2, -0.15) is 5.26 Å². The Morgan fingerprint density at radius 3 is 2.78 bits per heavy atom. The summed E-state index contributed by atoms with van der Waals surface area (Å²) in [4.78, 5) is 26.6. The molecule has 2 N–H and O–H groups in total. The standard InChI is InChI=1S/C20H16N4O3/c1-12-4-3-5-17-19(12)15(11-23-17)20(25)14(10-21)8-13-6-7-16(22-2)18(9-13)24(26)27/h3-9,11,22-23H,1-2H3/b14-8+. The normalized spacial score (nSPS) is 11.2. The highest BCUT2D eigenvalue weighted by atomic mass is 16.6. The van der Waals surface area contributed by atoms with Crippen molar-refractivity contribution in [2.45, 2.75) is 6.92 Å². The molecule has 0 saturated heterocycles. The van der Waals surface area contributed by atoms with E-state index in [1.807, 2.05) is 31.2 Å². The van der Waals surface area contributed by atoms with Gasteiger partial charge in [0.2, 0.25) is 5.78 Å². The van der Waals surface area contributed by atoms with Gasteiger partial charge in [-0.05, 0) is 36.3 Å². The molecule has 0 unspecified atom stereocenters. The van der Waals surface area contributed by atoms with Crippen LogP contribution in [-0.2, 0) is 0 Å². The number of rotatable bonds is 5. The van der Waals surface area contributed by atoms with Crippen LogP contribution >= 0.6 is 0 Å². The van der Waals surface area contributed by atoms with E-state index < -0.39 is 10.7 Å². The number of nitro groups is 1. The first-order valence-electron chi connectivity index (χ1n) is 8.15. The van der Waals surface area contributed by atoms with E-state index >= 15 is 0 Å². The molecule has 134 valence electrons. The third-order valence-corrected chi connectivity index (χ3v) is 4.32. The molecule has 0 amide bonds. The maximum Gasteiger partial charge on any atom is 0.292 e. The van der Waals surface area contributed by atoms with E-state index in [2.05, 4.69) is 10.3 Å². The molecule has 3 rings (SSSR count). The van der Waals surface area contributed by atoms with Crippen molar-refractivity contribution >= 4 is 34.1 Å². The Balaban J connectivity index is 2.07. The van der Waals surface area contributed by atoms with Crippen molar-refractivity contribution in [3.63, 3.8) is 0 Å². The van der Waals surface area contributed by atoms with Crippen LogP contribution in [0.1, 0.15) is 21.5 Å². The SMILES string of the molecule is CNc1ccc(/C=C(\C#N)C(=O)c2c[nH]c3cccc(C)c23)cc1[N+](=O)[O-]. The van der Waals surface area contributed by atoms with E-state index in [1.54, 1.807) is 25.4 Å². The Morgan fingerprint density at radius 1 is 1.33 bits per heavy atom. The van der Waals surface area contributed by atoms with Crippen molar-refractivity contribution < 1.29 is 9.72 Å². The van der Waals surface area contributed by atoms with E-state index in [9.17, 15) is 20.2 Å². The number of allylic oxidation sites excluding steroid dienone is 1. The lowest BCUT2D eigenvalue weighted by atomic mass is 9.99. The van der Waals surface area contributed by atoms with E-state index in [1.165, 1.54) is 12.1 Å². The maximum absolute atomic E-state index is 12.9. The summed E-state index contributed by atoms with van der Waals surface area (Å²) in [6.45, 7) is 1.89. The second-order valence-electron chi connectivity index (χ2n) is 5.98. The average molecular weight is 360 g/mol. The number of ketones is 1. The summed E-state index contributed by atoms with van der Waals surface area (Å²) in [6.07, 6.45) is 2.95. The van der Waals surface area contributed by atoms with Gasteiger partial charge < -0.3 is 10.3 Å². The molecule has 0 bridgehead atoms. The highest BCUT2D eigenvalue weighted by molar-refractivity contribution is 6.20. The van der Waals surface area contributed by atoms with Gasteiger partial charge in [0.05, 0.1) is 4.92 Å². The number of carbonyl (C=O) groups is 1. The maximum atomic E-state index is 12.9. The Hall–Kier alpha value is -3.92. The quantitative estimate of drug-likeness (QED) is 0.233. The molecule has 7 heteroatoms. The lowest BCUT2D eigenvalue weighted by molar-refractivity contribution is -0.383. The van der Waals surface area contributed by atoms with Gasteiger partial charge in [0.1, 0.15) is 17.3 Å². The first kappa shape index (κ1) is 17.9. The van der Waals surface area contributed by atoms with Crippen LogP contribution in [0.2, 0.25) is 0 Å². The zero-order valence-corrected chi connectivity index (χ0v) is 14.7. The van der Waals surface area contributed by atoms with Crippen LogP contribution < -0.4 is 5.32 Å². The lowest BCUT2D eigenvalue weighted by Crippen LogP contribution is -2.02. The van der Waals surface area contributed by atoms with E-state index in [-0.39, 0.29) is 11.3 Å². The van der Waals surface area contributed by atoms with Crippen LogP contribution in [0.15, 0.2) is 48.2 Å². The molecule has 2 aromatic carbocycles. The smallest absolute Gasteiger partial charge is 0.292 e. The van der Waals surface area contributed by atoms with Gasteiger partial charge in [-0.25, -0.2) is 0 Å². The minimum absolute atomic E-state index is 0.0920. The first-order valence-corrected chi connectivity index (χ1v) is 8.15. The number of hydrogen-bond acceptors (Lipinski definition) is 5. The largest absolute Gasteiger partial charge is 0.383 e. The zero-order chi connectivity index (χ0) is 19.6. The number of hydrogen-bond donors (Lipinski definition) is 2. The number of Topliss-reactive ketones (excluding diaryl/α,β-unsaturated/α-hetero) is 1. The van der Waals surface area contributed by atoms with E-state index in [4.69, 9.17) is 0 Å². The predicted molar refractivity (Wildman–Crippen MR) is 104 cm³/mol. The Kier molecular flexibility index (Phi) is 4.73. The highest BCUT2D eigenvalue weighted by Crippen LogP contribution is 2.28. The number of benzene rings is 2. The van der Waals surface area contributed by atoms with Crippen molar-refractivity contribution in [3.05, 3.63) is 75.0 Å². The first-order chi connectivity index (χ1) is 13.0. The van der Waals surface area contributed by atoms with Gasteiger partial charge in [-0.3, -0.25) is 14.9 Å². The van der Waals surface area contributed by atoms with E-state index in [0.717, 1.165) is 16.5 Å². The lowest BCUT2D eigenvalue weighted by Gasteiger charge is -2.04. The molecule has 0 saturated carbocycles. The fourth-order valence-electron chi connectivity index (χ4n) is 3.01.